The Balaban J connectivity index is 2.44. The molecule has 0 radical (unpaired) electrons. The molecule has 0 aromatic carbocycles. The van der Waals surface area contributed by atoms with Crippen molar-refractivity contribution in [1.82, 2.24) is 19.5 Å². The van der Waals surface area contributed by atoms with Crippen molar-refractivity contribution in [3.63, 3.8) is 0 Å². The molecule has 0 aliphatic heterocycles. The molecule has 0 amide bonds. The fourth-order valence-corrected chi connectivity index (χ4v) is 1.64. The lowest BCUT2D eigenvalue weighted by molar-refractivity contribution is 0.0828. The maximum absolute atomic E-state index is 11.8. The molecule has 0 atom stereocenters. The number of rotatable bonds is 5. The van der Waals surface area contributed by atoms with Crippen LogP contribution in [0.25, 0.3) is 11.2 Å². The predicted molar refractivity (Wildman–Crippen MR) is 66.7 cm³/mol. The van der Waals surface area contributed by atoms with Crippen molar-refractivity contribution < 1.29 is 15.3 Å². The summed E-state index contributed by atoms with van der Waals surface area (Å²) in [5, 5.41) is 30.2. The Labute approximate surface area is 107 Å². The van der Waals surface area contributed by atoms with E-state index in [0.29, 0.717) is 5.52 Å². The van der Waals surface area contributed by atoms with E-state index in [4.69, 9.17) is 0 Å². The topological polar surface area (TPSA) is 136 Å². The highest BCUT2D eigenvalue weighted by molar-refractivity contribution is 5.70. The first kappa shape index (κ1) is 13.5. The zero-order valence-electron chi connectivity index (χ0n) is 10.3. The van der Waals surface area contributed by atoms with E-state index in [2.05, 4.69) is 20.3 Å². The molecule has 0 aliphatic carbocycles. The van der Waals surface area contributed by atoms with Crippen LogP contribution in [0, 0.1) is 0 Å². The Hall–Kier alpha value is -1.97. The van der Waals surface area contributed by atoms with Crippen molar-refractivity contribution >= 4 is 17.1 Å². The van der Waals surface area contributed by atoms with Gasteiger partial charge in [-0.25, -0.2) is 4.98 Å². The van der Waals surface area contributed by atoms with Gasteiger partial charge in [-0.15, -0.1) is 0 Å². The Bertz CT molecular complexity index is 622. The van der Waals surface area contributed by atoms with Crippen LogP contribution in [0.15, 0.2) is 11.1 Å². The first-order valence-electron chi connectivity index (χ1n) is 5.57. The highest BCUT2D eigenvalue weighted by Crippen LogP contribution is 2.12. The van der Waals surface area contributed by atoms with E-state index in [0.717, 1.165) is 0 Å². The van der Waals surface area contributed by atoms with E-state index < -0.39 is 30.9 Å². The summed E-state index contributed by atoms with van der Waals surface area (Å²) in [6.45, 7) is -1.57. The van der Waals surface area contributed by atoms with Gasteiger partial charge >= 0.3 is 0 Å². The molecule has 9 nitrogen and oxygen atoms in total. The predicted octanol–water partition coefficient (Wildman–Crippen LogP) is -2.22. The van der Waals surface area contributed by atoms with Crippen molar-refractivity contribution in [3.05, 3.63) is 16.7 Å². The molecule has 0 spiro atoms. The molecule has 0 saturated carbocycles. The van der Waals surface area contributed by atoms with Gasteiger partial charge in [-0.05, 0) is 0 Å². The van der Waals surface area contributed by atoms with E-state index in [1.165, 1.54) is 10.9 Å². The number of hydrogen-bond donors (Lipinski definition) is 5. The van der Waals surface area contributed by atoms with Crippen LogP contribution in [-0.2, 0) is 7.05 Å². The zero-order chi connectivity index (χ0) is 14.0. The number of imidazole rings is 1. The second-order valence-electron chi connectivity index (χ2n) is 4.32. The number of aromatic nitrogens is 4. The second-order valence-corrected chi connectivity index (χ2v) is 4.32. The third kappa shape index (κ3) is 2.30. The van der Waals surface area contributed by atoms with E-state index in [9.17, 15) is 20.1 Å². The number of anilines is 1. The highest BCUT2D eigenvalue weighted by Gasteiger charge is 2.29. The highest BCUT2D eigenvalue weighted by atomic mass is 16.3. The molecule has 0 bridgehead atoms. The molecule has 9 heteroatoms. The summed E-state index contributed by atoms with van der Waals surface area (Å²) < 4.78 is 1.53. The van der Waals surface area contributed by atoms with Gasteiger partial charge in [0.1, 0.15) is 5.54 Å². The van der Waals surface area contributed by atoms with Crippen LogP contribution in [0.2, 0.25) is 0 Å². The van der Waals surface area contributed by atoms with Gasteiger partial charge in [0.05, 0.1) is 26.1 Å². The molecule has 0 aliphatic rings. The Morgan fingerprint density at radius 2 is 2.00 bits per heavy atom. The molecule has 0 fully saturated rings. The number of aliphatic hydroxyl groups is 3. The zero-order valence-corrected chi connectivity index (χ0v) is 10.3. The molecule has 2 aromatic heterocycles. The van der Waals surface area contributed by atoms with Crippen LogP contribution in [0.4, 0.5) is 5.95 Å². The minimum atomic E-state index is -1.36. The van der Waals surface area contributed by atoms with Gasteiger partial charge in [0.15, 0.2) is 11.2 Å². The smallest absolute Gasteiger partial charge is 0.278 e. The largest absolute Gasteiger partial charge is 0.394 e. The summed E-state index contributed by atoms with van der Waals surface area (Å²) >= 11 is 0. The number of hydrogen-bond acceptors (Lipinski definition) is 7. The first-order chi connectivity index (χ1) is 9.05. The molecule has 2 heterocycles. The van der Waals surface area contributed by atoms with Crippen molar-refractivity contribution in [2.45, 2.75) is 5.54 Å². The van der Waals surface area contributed by atoms with E-state index >= 15 is 0 Å². The van der Waals surface area contributed by atoms with Crippen molar-refractivity contribution in [1.29, 1.82) is 0 Å². The number of fused-ring (bicyclic) bond motifs is 1. The van der Waals surface area contributed by atoms with E-state index in [1.807, 2.05) is 0 Å². The van der Waals surface area contributed by atoms with Gasteiger partial charge < -0.3 is 25.2 Å². The number of aryl methyl sites for hydroxylation is 1. The number of aliphatic hydroxyl groups excluding tert-OH is 3. The summed E-state index contributed by atoms with van der Waals surface area (Å²) in [6, 6.07) is 0. The fraction of sp³-hybridized carbons (Fsp3) is 0.500. The first-order valence-corrected chi connectivity index (χ1v) is 5.57. The van der Waals surface area contributed by atoms with Crippen LogP contribution in [0.3, 0.4) is 0 Å². The molecule has 2 rings (SSSR count). The van der Waals surface area contributed by atoms with E-state index in [1.54, 1.807) is 7.05 Å². The van der Waals surface area contributed by atoms with Crippen LogP contribution < -0.4 is 10.9 Å². The van der Waals surface area contributed by atoms with Crippen molar-refractivity contribution in [2.75, 3.05) is 25.1 Å². The summed E-state index contributed by atoms with van der Waals surface area (Å²) in [5.74, 6) is 0.0216. The molecule has 104 valence electrons. The lowest BCUT2D eigenvalue weighted by Gasteiger charge is -2.28. The Kier molecular flexibility index (Phi) is 3.51. The summed E-state index contributed by atoms with van der Waals surface area (Å²) in [7, 11) is 1.67. The Morgan fingerprint density at radius 3 is 2.58 bits per heavy atom. The number of nitrogens with zero attached hydrogens (tertiary/aromatic N) is 3. The minimum Gasteiger partial charge on any atom is -0.394 e. The number of H-pyrrole nitrogens is 1. The average molecular weight is 269 g/mol. The molecule has 5 N–H and O–H groups in total. The monoisotopic (exact) mass is 269 g/mol. The SMILES string of the molecule is Cn1cnc2nc(NC(CO)(CO)CO)[nH]c(=O)c21. The van der Waals surface area contributed by atoms with Gasteiger partial charge in [-0.2, -0.15) is 4.98 Å². The third-order valence-electron chi connectivity index (χ3n) is 2.87. The van der Waals surface area contributed by atoms with Crippen LogP contribution in [0.5, 0.6) is 0 Å². The number of nitrogens with one attached hydrogen (secondary N) is 2. The van der Waals surface area contributed by atoms with Crippen molar-refractivity contribution in [2.24, 2.45) is 7.05 Å². The van der Waals surface area contributed by atoms with Crippen LogP contribution in [-0.4, -0.2) is 60.2 Å². The normalized spacial score (nSPS) is 12.0. The molecular weight excluding hydrogens is 254 g/mol. The summed E-state index contributed by atoms with van der Waals surface area (Å²) in [4.78, 5) is 22.3. The molecular formula is C10H15N5O4. The molecule has 0 saturated heterocycles. The summed E-state index contributed by atoms with van der Waals surface area (Å²) in [6.07, 6.45) is 1.45. The third-order valence-corrected chi connectivity index (χ3v) is 2.87. The van der Waals surface area contributed by atoms with Gasteiger partial charge in [-0.1, -0.05) is 0 Å². The molecule has 2 aromatic rings. The van der Waals surface area contributed by atoms with Gasteiger partial charge in [-0.3, -0.25) is 9.78 Å². The van der Waals surface area contributed by atoms with Gasteiger partial charge in [0.2, 0.25) is 5.95 Å². The summed E-state index contributed by atoms with van der Waals surface area (Å²) in [5.41, 5.74) is -1.22. The lowest BCUT2D eigenvalue weighted by atomic mass is 10.0. The maximum Gasteiger partial charge on any atom is 0.278 e. The second kappa shape index (κ2) is 4.96. The van der Waals surface area contributed by atoms with Gasteiger partial charge in [0, 0.05) is 7.05 Å². The average Bonchev–Trinajstić information content (AvgIpc) is 2.78. The lowest BCUT2D eigenvalue weighted by Crippen LogP contribution is -2.50. The van der Waals surface area contributed by atoms with Crippen LogP contribution in [0.1, 0.15) is 0 Å². The fourth-order valence-electron chi connectivity index (χ4n) is 1.64. The maximum atomic E-state index is 11.8. The number of aromatic amines is 1. The Morgan fingerprint density at radius 1 is 1.37 bits per heavy atom. The standard InChI is InChI=1S/C10H15N5O4/c1-15-5-11-7-6(15)8(19)13-9(12-7)14-10(2-16,3-17)4-18/h5,16-18H,2-4H2,1H3,(H2,12,13,14,19). The molecule has 0 unspecified atom stereocenters. The minimum absolute atomic E-state index is 0.0216. The molecule has 19 heavy (non-hydrogen) atoms. The van der Waals surface area contributed by atoms with Crippen LogP contribution >= 0.6 is 0 Å². The quantitative estimate of drug-likeness (QED) is 0.415. The van der Waals surface area contributed by atoms with E-state index in [-0.39, 0.29) is 11.6 Å². The van der Waals surface area contributed by atoms with Gasteiger partial charge in [0.25, 0.3) is 5.56 Å². The van der Waals surface area contributed by atoms with Crippen molar-refractivity contribution in [3.8, 4) is 0 Å².